The lowest BCUT2D eigenvalue weighted by Gasteiger charge is -2.30. The summed E-state index contributed by atoms with van der Waals surface area (Å²) in [4.78, 5) is 43.0. The van der Waals surface area contributed by atoms with Crippen molar-refractivity contribution in [3.8, 4) is 0 Å². The number of nitrogens with zero attached hydrogens (tertiary/aromatic N) is 1. The molecule has 2 aliphatic heterocycles. The van der Waals surface area contributed by atoms with Crippen molar-refractivity contribution >= 4 is 17.8 Å². The molecule has 1 saturated heterocycles. The van der Waals surface area contributed by atoms with Crippen LogP contribution in [0, 0.1) is 5.41 Å². The maximum Gasteiger partial charge on any atom is 0.342 e. The Labute approximate surface area is 139 Å². The van der Waals surface area contributed by atoms with Gasteiger partial charge in [0.25, 0.3) is 11.8 Å². The third-order valence-electron chi connectivity index (χ3n) is 5.41. The minimum absolute atomic E-state index is 0.178. The highest BCUT2D eigenvalue weighted by atomic mass is 16.7. The smallest absolute Gasteiger partial charge is 0.342 e. The van der Waals surface area contributed by atoms with Crippen molar-refractivity contribution in [3.63, 3.8) is 0 Å². The summed E-state index contributed by atoms with van der Waals surface area (Å²) in [5, 5.41) is 0.613. The molecule has 24 heavy (non-hydrogen) atoms. The van der Waals surface area contributed by atoms with Crippen molar-refractivity contribution in [1.82, 2.24) is 5.06 Å². The number of rotatable bonds is 2. The van der Waals surface area contributed by atoms with Crippen LogP contribution in [-0.2, 0) is 14.4 Å². The van der Waals surface area contributed by atoms with Crippen molar-refractivity contribution in [1.29, 1.82) is 0 Å². The van der Waals surface area contributed by atoms with Crippen LogP contribution in [0.1, 0.15) is 59.2 Å². The molecule has 0 N–H and O–H groups in total. The molecule has 0 unspecified atom stereocenters. The Hall–Kier alpha value is -2.21. The first-order valence-electron chi connectivity index (χ1n) is 8.45. The number of amides is 2. The number of hydrogen-bond donors (Lipinski definition) is 0. The van der Waals surface area contributed by atoms with Gasteiger partial charge in [0.15, 0.2) is 0 Å². The van der Waals surface area contributed by atoms with E-state index in [1.807, 2.05) is 0 Å². The first kappa shape index (κ1) is 15.3. The van der Waals surface area contributed by atoms with Crippen molar-refractivity contribution in [3.05, 3.63) is 35.4 Å². The van der Waals surface area contributed by atoms with Gasteiger partial charge in [0.05, 0.1) is 22.6 Å². The van der Waals surface area contributed by atoms with Crippen molar-refractivity contribution in [2.45, 2.75) is 44.6 Å². The molecule has 1 aromatic rings. The van der Waals surface area contributed by atoms with E-state index in [9.17, 15) is 14.4 Å². The highest BCUT2D eigenvalue weighted by Crippen LogP contribution is 2.45. The topological polar surface area (TPSA) is 72.9 Å². The predicted molar refractivity (Wildman–Crippen MR) is 82.9 cm³/mol. The molecule has 6 nitrogen and oxygen atoms in total. The molecule has 0 aromatic heterocycles. The number of imide groups is 1. The van der Waals surface area contributed by atoms with Gasteiger partial charge in [0, 0.05) is 6.61 Å². The lowest BCUT2D eigenvalue weighted by atomic mass is 9.77. The average molecular weight is 329 g/mol. The molecule has 0 spiro atoms. The SMILES string of the molecule is O=C1c2ccccc2C(=O)N1OC(=O)[C@]12CCCCC[C@@H]1OCC2. The Morgan fingerprint density at radius 2 is 1.79 bits per heavy atom. The Morgan fingerprint density at radius 3 is 2.50 bits per heavy atom. The summed E-state index contributed by atoms with van der Waals surface area (Å²) >= 11 is 0. The fraction of sp³-hybridized carbons (Fsp3) is 0.500. The van der Waals surface area contributed by atoms with E-state index in [-0.39, 0.29) is 17.2 Å². The van der Waals surface area contributed by atoms with Gasteiger partial charge in [-0.1, -0.05) is 36.5 Å². The van der Waals surface area contributed by atoms with Gasteiger partial charge in [0.2, 0.25) is 0 Å². The minimum Gasteiger partial charge on any atom is -0.377 e. The summed E-state index contributed by atoms with van der Waals surface area (Å²) in [5.74, 6) is -1.67. The summed E-state index contributed by atoms with van der Waals surface area (Å²) < 4.78 is 5.75. The molecule has 1 aliphatic carbocycles. The van der Waals surface area contributed by atoms with Gasteiger partial charge < -0.3 is 9.57 Å². The second kappa shape index (κ2) is 5.70. The van der Waals surface area contributed by atoms with Gasteiger partial charge in [-0.3, -0.25) is 9.59 Å². The van der Waals surface area contributed by atoms with Crippen LogP contribution in [0.4, 0.5) is 0 Å². The van der Waals surface area contributed by atoms with Crippen LogP contribution >= 0.6 is 0 Å². The van der Waals surface area contributed by atoms with Crippen LogP contribution in [-0.4, -0.2) is 35.6 Å². The minimum atomic E-state index is -0.730. The standard InChI is InChI=1S/C18H19NO5/c20-15-12-6-3-4-7-13(12)16(21)19(15)24-17(22)18-9-5-1-2-8-14(18)23-11-10-18/h3-4,6-7,14H,1-2,5,8-11H2/t14-,18-/m0/s1. The monoisotopic (exact) mass is 329 g/mol. The predicted octanol–water partition coefficient (Wildman–Crippen LogP) is 2.48. The van der Waals surface area contributed by atoms with Crippen LogP contribution in [0.25, 0.3) is 0 Å². The second-order valence-corrected chi connectivity index (χ2v) is 6.69. The number of hydrogen-bond acceptors (Lipinski definition) is 5. The molecular formula is C18H19NO5. The molecule has 126 valence electrons. The molecule has 0 bridgehead atoms. The molecule has 1 saturated carbocycles. The molecule has 1 aromatic carbocycles. The van der Waals surface area contributed by atoms with Crippen LogP contribution in [0.5, 0.6) is 0 Å². The first-order chi connectivity index (χ1) is 11.6. The van der Waals surface area contributed by atoms with E-state index < -0.39 is 23.2 Å². The third-order valence-corrected chi connectivity index (χ3v) is 5.41. The van der Waals surface area contributed by atoms with Crippen molar-refractivity contribution < 1.29 is 24.0 Å². The van der Waals surface area contributed by atoms with E-state index in [4.69, 9.17) is 9.57 Å². The van der Waals surface area contributed by atoms with E-state index in [2.05, 4.69) is 0 Å². The third kappa shape index (κ3) is 2.17. The Morgan fingerprint density at radius 1 is 1.08 bits per heavy atom. The molecule has 2 atom stereocenters. The zero-order valence-electron chi connectivity index (χ0n) is 13.3. The molecule has 6 heteroatoms. The summed E-state index contributed by atoms with van der Waals surface area (Å²) in [6, 6.07) is 6.49. The number of ether oxygens (including phenoxy) is 1. The molecule has 2 heterocycles. The Kier molecular flexibility index (Phi) is 3.64. The number of fused-ring (bicyclic) bond motifs is 2. The molecule has 2 fully saturated rings. The fourth-order valence-corrected chi connectivity index (χ4v) is 4.06. The average Bonchev–Trinajstić information content (AvgIpc) is 3.03. The summed E-state index contributed by atoms with van der Waals surface area (Å²) in [6.07, 6.45) is 4.91. The second-order valence-electron chi connectivity index (χ2n) is 6.69. The number of hydroxylamine groups is 2. The molecular weight excluding hydrogens is 310 g/mol. The van der Waals surface area contributed by atoms with Gasteiger partial charge in [-0.15, -0.1) is 0 Å². The maximum atomic E-state index is 12.9. The highest BCUT2D eigenvalue weighted by Gasteiger charge is 2.53. The first-order valence-corrected chi connectivity index (χ1v) is 8.45. The van der Waals surface area contributed by atoms with E-state index in [0.29, 0.717) is 24.5 Å². The summed E-state index contributed by atoms with van der Waals surface area (Å²) in [6.45, 7) is 0.516. The normalized spacial score (nSPS) is 29.2. The molecule has 4 rings (SSSR count). The van der Waals surface area contributed by atoms with Gasteiger partial charge in [0.1, 0.15) is 0 Å². The number of carbonyl (C=O) groups is 3. The Bertz CT molecular complexity index is 680. The Balaban J connectivity index is 1.58. The number of benzene rings is 1. The molecule has 2 amide bonds. The summed E-state index contributed by atoms with van der Waals surface area (Å²) in [7, 11) is 0. The summed E-state index contributed by atoms with van der Waals surface area (Å²) in [5.41, 5.74) is -0.188. The largest absolute Gasteiger partial charge is 0.377 e. The lowest BCUT2D eigenvalue weighted by Crippen LogP contribution is -2.44. The van der Waals surface area contributed by atoms with E-state index >= 15 is 0 Å². The van der Waals surface area contributed by atoms with Crippen molar-refractivity contribution in [2.75, 3.05) is 6.61 Å². The van der Waals surface area contributed by atoms with Gasteiger partial charge in [-0.2, -0.15) is 0 Å². The van der Waals surface area contributed by atoms with Gasteiger partial charge >= 0.3 is 5.97 Å². The molecule has 3 aliphatic rings. The van der Waals surface area contributed by atoms with Crippen LogP contribution in [0.3, 0.4) is 0 Å². The zero-order valence-corrected chi connectivity index (χ0v) is 13.3. The van der Waals surface area contributed by atoms with Crippen LogP contribution in [0.2, 0.25) is 0 Å². The number of carbonyl (C=O) groups excluding carboxylic acids is 3. The van der Waals surface area contributed by atoms with Crippen LogP contribution in [0.15, 0.2) is 24.3 Å². The maximum absolute atomic E-state index is 12.9. The van der Waals surface area contributed by atoms with Gasteiger partial charge in [-0.05, 0) is 31.4 Å². The van der Waals surface area contributed by atoms with Gasteiger partial charge in [-0.25, -0.2) is 4.79 Å². The van der Waals surface area contributed by atoms with Crippen LogP contribution < -0.4 is 0 Å². The van der Waals surface area contributed by atoms with E-state index in [0.717, 1.165) is 25.7 Å². The highest BCUT2D eigenvalue weighted by molar-refractivity contribution is 6.20. The zero-order chi connectivity index (χ0) is 16.7. The lowest BCUT2D eigenvalue weighted by molar-refractivity contribution is -0.185. The van der Waals surface area contributed by atoms with Crippen molar-refractivity contribution in [2.24, 2.45) is 5.41 Å². The van der Waals surface area contributed by atoms with E-state index in [1.165, 1.54) is 0 Å². The van der Waals surface area contributed by atoms with E-state index in [1.54, 1.807) is 24.3 Å². The molecule has 0 radical (unpaired) electrons. The fourth-order valence-electron chi connectivity index (χ4n) is 4.06. The quantitative estimate of drug-likeness (QED) is 0.779.